The lowest BCUT2D eigenvalue weighted by atomic mass is 9.96. The highest BCUT2D eigenvalue weighted by atomic mass is 31.2. The fourth-order valence-corrected chi connectivity index (χ4v) is 6.56. The van der Waals surface area contributed by atoms with Crippen LogP contribution in [0.2, 0.25) is 0 Å². The first-order valence-corrected chi connectivity index (χ1v) is 23.8. The molecule has 0 aliphatic rings. The summed E-state index contributed by atoms with van der Waals surface area (Å²) in [7, 11) is -4.33. The zero-order valence-electron chi connectivity index (χ0n) is 35.3. The van der Waals surface area contributed by atoms with Crippen molar-refractivity contribution in [2.75, 3.05) is 6.61 Å². The van der Waals surface area contributed by atoms with Crippen LogP contribution in [0.25, 0.3) is 0 Å². The summed E-state index contributed by atoms with van der Waals surface area (Å²) in [5.41, 5.74) is 10.8. The Balaban J connectivity index is 0. The third-order valence-electron chi connectivity index (χ3n) is 9.74. The molecule has 0 aromatic carbocycles. The van der Waals surface area contributed by atoms with Crippen LogP contribution in [-0.2, 0) is 23.5 Å². The van der Waals surface area contributed by atoms with E-state index in [4.69, 9.17) is 21.3 Å². The standard InChI is InChI=1S/C38H71NO3.C6H14NO5P/c1-3-5-7-9-11-13-15-17-19-21-23-25-27-29-31-33-35(40)37(39)38(42)36(41)34-32-30-28-26-24-22-20-18-16-14-12-10-8-6-4-2;7-6(8)4-2-1-3-5-12-13(9,10)11/h17-20,37-38,42H,3-16,21-34,39H2,1-2H3;1-5H2,(H2,7,8)(H2,9,10,11)/b19-17-,20-18-;. The van der Waals surface area contributed by atoms with Crippen LogP contribution in [0.3, 0.4) is 0 Å². The number of phosphoric acid groups is 1. The van der Waals surface area contributed by atoms with Crippen molar-refractivity contribution in [3.63, 3.8) is 0 Å². The second kappa shape index (κ2) is 41.9. The summed E-state index contributed by atoms with van der Waals surface area (Å²) >= 11 is 0. The van der Waals surface area contributed by atoms with E-state index in [0.29, 0.717) is 38.5 Å². The number of aliphatic hydroxyl groups excluding tert-OH is 1. The number of rotatable bonds is 40. The van der Waals surface area contributed by atoms with Crippen LogP contribution in [0, 0.1) is 0 Å². The number of ketones is 2. The van der Waals surface area contributed by atoms with Crippen molar-refractivity contribution in [3.05, 3.63) is 24.3 Å². The third-order valence-corrected chi connectivity index (χ3v) is 10.3. The van der Waals surface area contributed by atoms with Gasteiger partial charge in [-0.05, 0) is 77.0 Å². The highest BCUT2D eigenvalue weighted by molar-refractivity contribution is 7.46. The monoisotopic (exact) mass is 801 g/mol. The van der Waals surface area contributed by atoms with E-state index in [2.05, 4.69) is 42.7 Å². The van der Waals surface area contributed by atoms with Crippen LogP contribution < -0.4 is 11.5 Å². The first-order valence-electron chi connectivity index (χ1n) is 22.2. The number of phosphoric ester groups is 1. The molecule has 55 heavy (non-hydrogen) atoms. The number of aliphatic hydroxyl groups is 1. The van der Waals surface area contributed by atoms with Crippen LogP contribution in [0.5, 0.6) is 0 Å². The highest BCUT2D eigenvalue weighted by Crippen LogP contribution is 2.35. The molecule has 0 aliphatic heterocycles. The van der Waals surface area contributed by atoms with E-state index in [1.165, 1.54) is 116 Å². The van der Waals surface area contributed by atoms with Gasteiger partial charge in [0, 0.05) is 19.3 Å². The molecule has 1 amide bonds. The van der Waals surface area contributed by atoms with Gasteiger partial charge in [0.2, 0.25) is 5.91 Å². The van der Waals surface area contributed by atoms with Gasteiger partial charge >= 0.3 is 7.82 Å². The van der Waals surface area contributed by atoms with Crippen LogP contribution >= 0.6 is 7.82 Å². The number of carbonyl (C=O) groups is 3. The molecule has 0 spiro atoms. The summed E-state index contributed by atoms with van der Waals surface area (Å²) in [6.07, 6.45) is 42.2. The van der Waals surface area contributed by atoms with Crippen molar-refractivity contribution < 1.29 is 38.4 Å². The normalized spacial score (nSPS) is 12.9. The zero-order valence-corrected chi connectivity index (χ0v) is 36.2. The Morgan fingerprint density at radius 3 is 1.24 bits per heavy atom. The van der Waals surface area contributed by atoms with Crippen molar-refractivity contribution in [3.8, 4) is 0 Å². The van der Waals surface area contributed by atoms with Crippen molar-refractivity contribution in [1.82, 2.24) is 0 Å². The summed E-state index contributed by atoms with van der Waals surface area (Å²) < 4.78 is 14.4. The quantitative estimate of drug-likeness (QED) is 0.0228. The zero-order chi connectivity index (χ0) is 41.3. The van der Waals surface area contributed by atoms with Crippen molar-refractivity contribution in [2.24, 2.45) is 11.5 Å². The van der Waals surface area contributed by atoms with Gasteiger partial charge < -0.3 is 26.4 Å². The number of amides is 1. The molecule has 0 heterocycles. The van der Waals surface area contributed by atoms with E-state index in [9.17, 15) is 24.1 Å². The lowest BCUT2D eigenvalue weighted by Gasteiger charge is -2.16. The topological polar surface area (TPSA) is 190 Å². The molecule has 0 saturated carbocycles. The van der Waals surface area contributed by atoms with Gasteiger partial charge in [-0.15, -0.1) is 0 Å². The van der Waals surface area contributed by atoms with E-state index < -0.39 is 20.0 Å². The number of hydrogen-bond donors (Lipinski definition) is 5. The maximum absolute atomic E-state index is 12.4. The van der Waals surface area contributed by atoms with Gasteiger partial charge in [-0.3, -0.25) is 18.9 Å². The van der Waals surface area contributed by atoms with E-state index in [0.717, 1.165) is 51.4 Å². The molecule has 0 radical (unpaired) electrons. The molecule has 324 valence electrons. The fraction of sp³-hybridized carbons (Fsp3) is 0.841. The predicted octanol–water partition coefficient (Wildman–Crippen LogP) is 11.0. The van der Waals surface area contributed by atoms with Crippen molar-refractivity contribution in [2.45, 2.75) is 231 Å². The van der Waals surface area contributed by atoms with Crippen molar-refractivity contribution >= 4 is 25.3 Å². The summed E-state index contributed by atoms with van der Waals surface area (Å²) in [5.74, 6) is -0.827. The Kier molecular flexibility index (Phi) is 42.3. The Hall–Kier alpha value is -1.68. The molecule has 0 bridgehead atoms. The molecular weight excluding hydrogens is 715 g/mol. The predicted molar refractivity (Wildman–Crippen MR) is 229 cm³/mol. The molecule has 2 atom stereocenters. The maximum atomic E-state index is 12.4. The number of carbonyl (C=O) groups excluding carboxylic acids is 3. The second-order valence-corrected chi connectivity index (χ2v) is 16.4. The van der Waals surface area contributed by atoms with Crippen LogP contribution in [0.1, 0.15) is 219 Å². The minimum atomic E-state index is -4.33. The average molecular weight is 801 g/mol. The molecule has 10 nitrogen and oxygen atoms in total. The van der Waals surface area contributed by atoms with Gasteiger partial charge in [-0.25, -0.2) is 4.57 Å². The number of unbranched alkanes of at least 4 members (excludes halogenated alkanes) is 24. The van der Waals surface area contributed by atoms with Gasteiger partial charge in [0.05, 0.1) is 12.6 Å². The molecule has 0 fully saturated rings. The third kappa shape index (κ3) is 44.9. The van der Waals surface area contributed by atoms with Gasteiger partial charge in [-0.1, -0.05) is 147 Å². The molecule has 11 heteroatoms. The first kappa shape index (κ1) is 55.4. The van der Waals surface area contributed by atoms with Gasteiger partial charge in [0.25, 0.3) is 0 Å². The van der Waals surface area contributed by atoms with Gasteiger partial charge in [-0.2, -0.15) is 0 Å². The Morgan fingerprint density at radius 1 is 0.527 bits per heavy atom. The highest BCUT2D eigenvalue weighted by Gasteiger charge is 2.27. The minimum absolute atomic E-state index is 0.00302. The van der Waals surface area contributed by atoms with E-state index in [1.807, 2.05) is 0 Å². The molecule has 0 aliphatic carbocycles. The number of hydrogen-bond acceptors (Lipinski definition) is 7. The first-order chi connectivity index (χ1) is 26.5. The molecular formula is C44H85N2O8P. The second-order valence-electron chi connectivity index (χ2n) is 15.2. The van der Waals surface area contributed by atoms with E-state index >= 15 is 0 Å². The van der Waals surface area contributed by atoms with Crippen molar-refractivity contribution in [1.29, 1.82) is 0 Å². The minimum Gasteiger partial charge on any atom is -0.383 e. The molecule has 2 unspecified atom stereocenters. The van der Waals surface area contributed by atoms with Crippen LogP contribution in [-0.4, -0.2) is 51.1 Å². The number of nitrogens with two attached hydrogens (primary N) is 2. The fourth-order valence-electron chi connectivity index (χ4n) is 6.19. The van der Waals surface area contributed by atoms with Crippen LogP contribution in [0.4, 0.5) is 0 Å². The number of allylic oxidation sites excluding steroid dienone is 4. The molecule has 0 rings (SSSR count). The summed E-state index contributed by atoms with van der Waals surface area (Å²) in [5, 5.41) is 10.3. The Bertz CT molecular complexity index is 944. The largest absolute Gasteiger partial charge is 0.469 e. The molecule has 0 saturated heterocycles. The smallest absolute Gasteiger partial charge is 0.383 e. The summed E-state index contributed by atoms with van der Waals surface area (Å²) in [4.78, 5) is 51.5. The summed E-state index contributed by atoms with van der Waals surface area (Å²) in [6, 6.07) is -1.07. The molecule has 0 aromatic heterocycles. The molecule has 7 N–H and O–H groups in total. The number of primary amides is 1. The van der Waals surface area contributed by atoms with E-state index in [1.54, 1.807) is 0 Å². The summed E-state index contributed by atoms with van der Waals surface area (Å²) in [6.45, 7) is 4.52. The average Bonchev–Trinajstić information content (AvgIpc) is 3.15. The maximum Gasteiger partial charge on any atom is 0.469 e. The molecule has 0 aromatic rings. The van der Waals surface area contributed by atoms with Crippen LogP contribution in [0.15, 0.2) is 24.3 Å². The van der Waals surface area contributed by atoms with Gasteiger partial charge in [0.1, 0.15) is 6.10 Å². The Labute approximate surface area is 336 Å². The number of Topliss-reactive ketones (excluding diaryl/α,β-unsaturated/α-hetero) is 2. The lowest BCUT2D eigenvalue weighted by Crippen LogP contribution is -2.46. The van der Waals surface area contributed by atoms with Gasteiger partial charge in [0.15, 0.2) is 11.6 Å². The SMILES string of the molecule is CCCCCCCC/C=C\CCCCCCCC(=O)C(N)C(O)C(=O)CCCCCCC/C=C\CCCCCCCC.NC(=O)CCCCCOP(=O)(O)O. The lowest BCUT2D eigenvalue weighted by molar-refractivity contribution is -0.134. The van der Waals surface area contributed by atoms with E-state index in [-0.39, 0.29) is 24.1 Å². The Morgan fingerprint density at radius 2 is 0.855 bits per heavy atom.